The van der Waals surface area contributed by atoms with Gasteiger partial charge in [-0.1, -0.05) is 29.8 Å². The number of nitrogens with one attached hydrogen (secondary N) is 1. The number of hydrogen-bond acceptors (Lipinski definition) is 3. The van der Waals surface area contributed by atoms with Gasteiger partial charge in [-0.25, -0.2) is 13.1 Å². The summed E-state index contributed by atoms with van der Waals surface area (Å²) in [7, 11) is -3.48. The molecule has 0 bridgehead atoms. The van der Waals surface area contributed by atoms with Crippen molar-refractivity contribution in [1.82, 2.24) is 4.72 Å². The molecular formula is C14H18ClNO3S. The average molecular weight is 316 g/mol. The Morgan fingerprint density at radius 2 is 1.85 bits per heavy atom. The Labute approximate surface area is 124 Å². The quantitative estimate of drug-likeness (QED) is 0.897. The van der Waals surface area contributed by atoms with Crippen molar-refractivity contribution in [3.8, 4) is 0 Å². The summed E-state index contributed by atoms with van der Waals surface area (Å²) in [5.41, 5.74) is 0.665. The topological polar surface area (TPSA) is 66.4 Å². The van der Waals surface area contributed by atoms with Crippen molar-refractivity contribution in [3.05, 3.63) is 40.3 Å². The van der Waals surface area contributed by atoms with E-state index in [0.717, 1.165) is 5.41 Å². The zero-order valence-corrected chi connectivity index (χ0v) is 12.6. The molecule has 0 aromatic heterocycles. The molecule has 0 radical (unpaired) electrons. The van der Waals surface area contributed by atoms with Gasteiger partial charge in [0, 0.05) is 16.5 Å². The predicted octanol–water partition coefficient (Wildman–Crippen LogP) is 2.53. The normalized spacial score (nSPS) is 24.1. The standard InChI is InChI=1S/C14H18ClNO3S/c15-14-4-2-1-3-11(14)9-10-20(18,19)16-12-5-7-13(17)8-6-12/h1-4,9-10,12-13,16-17H,5-8H2/b10-9+. The largest absolute Gasteiger partial charge is 0.393 e. The van der Waals surface area contributed by atoms with Crippen LogP contribution in [0.15, 0.2) is 29.7 Å². The molecule has 1 aromatic rings. The minimum absolute atomic E-state index is 0.0979. The molecule has 4 nitrogen and oxygen atoms in total. The average Bonchev–Trinajstić information content (AvgIpc) is 2.40. The van der Waals surface area contributed by atoms with Crippen LogP contribution < -0.4 is 4.72 Å². The molecule has 0 aliphatic heterocycles. The van der Waals surface area contributed by atoms with Crippen LogP contribution >= 0.6 is 11.6 Å². The van der Waals surface area contributed by atoms with Crippen LogP contribution in [0.25, 0.3) is 6.08 Å². The van der Waals surface area contributed by atoms with Gasteiger partial charge in [0.15, 0.2) is 0 Å². The van der Waals surface area contributed by atoms with Gasteiger partial charge in [-0.15, -0.1) is 0 Å². The SMILES string of the molecule is O=S(=O)(/C=C/c1ccccc1Cl)NC1CCC(O)CC1. The number of sulfonamides is 1. The first kappa shape index (κ1) is 15.5. The fourth-order valence-electron chi connectivity index (χ4n) is 2.24. The second kappa shape index (κ2) is 6.72. The van der Waals surface area contributed by atoms with E-state index in [1.165, 1.54) is 6.08 Å². The second-order valence-corrected chi connectivity index (χ2v) is 7.00. The van der Waals surface area contributed by atoms with Crippen molar-refractivity contribution in [1.29, 1.82) is 0 Å². The van der Waals surface area contributed by atoms with E-state index >= 15 is 0 Å². The minimum Gasteiger partial charge on any atom is -0.393 e. The second-order valence-electron chi connectivity index (χ2n) is 4.99. The molecule has 1 aliphatic carbocycles. The summed E-state index contributed by atoms with van der Waals surface area (Å²) in [6.07, 6.45) is 3.81. The van der Waals surface area contributed by atoms with E-state index in [4.69, 9.17) is 11.6 Å². The number of aliphatic hydroxyl groups is 1. The number of hydrogen-bond donors (Lipinski definition) is 2. The molecule has 0 heterocycles. The highest BCUT2D eigenvalue weighted by molar-refractivity contribution is 7.92. The summed E-state index contributed by atoms with van der Waals surface area (Å²) in [6, 6.07) is 6.96. The number of halogens is 1. The summed E-state index contributed by atoms with van der Waals surface area (Å²) in [5.74, 6) is 0. The summed E-state index contributed by atoms with van der Waals surface area (Å²) in [5, 5.41) is 11.1. The van der Waals surface area contributed by atoms with Crippen LogP contribution in [-0.4, -0.2) is 25.7 Å². The van der Waals surface area contributed by atoms with Gasteiger partial charge in [0.1, 0.15) is 0 Å². The molecule has 1 saturated carbocycles. The van der Waals surface area contributed by atoms with E-state index < -0.39 is 10.0 Å². The predicted molar refractivity (Wildman–Crippen MR) is 80.8 cm³/mol. The van der Waals surface area contributed by atoms with Gasteiger partial charge in [-0.2, -0.15) is 0 Å². The zero-order chi connectivity index (χ0) is 14.6. The Kier molecular flexibility index (Phi) is 5.21. The van der Waals surface area contributed by atoms with Gasteiger partial charge in [0.25, 0.3) is 0 Å². The molecule has 1 fully saturated rings. The first-order valence-electron chi connectivity index (χ1n) is 6.59. The molecule has 0 amide bonds. The molecule has 0 spiro atoms. The van der Waals surface area contributed by atoms with Crippen molar-refractivity contribution >= 4 is 27.7 Å². The van der Waals surface area contributed by atoms with Crippen molar-refractivity contribution in [2.45, 2.75) is 37.8 Å². The van der Waals surface area contributed by atoms with Gasteiger partial charge in [0.05, 0.1) is 6.10 Å². The van der Waals surface area contributed by atoms with Gasteiger partial charge in [-0.05, 0) is 43.4 Å². The fraction of sp³-hybridized carbons (Fsp3) is 0.429. The first-order chi connectivity index (χ1) is 9.46. The Hall–Kier alpha value is -0.880. The molecule has 6 heteroatoms. The summed E-state index contributed by atoms with van der Waals surface area (Å²) >= 11 is 5.97. The van der Waals surface area contributed by atoms with Gasteiger partial charge >= 0.3 is 0 Å². The highest BCUT2D eigenvalue weighted by atomic mass is 35.5. The lowest BCUT2D eigenvalue weighted by atomic mass is 9.94. The number of rotatable bonds is 4. The van der Waals surface area contributed by atoms with Crippen LogP contribution in [0.4, 0.5) is 0 Å². The maximum atomic E-state index is 12.0. The highest BCUT2D eigenvalue weighted by Crippen LogP contribution is 2.20. The molecule has 110 valence electrons. The molecular weight excluding hydrogens is 298 g/mol. The molecule has 0 atom stereocenters. The number of aliphatic hydroxyl groups excluding tert-OH is 1. The zero-order valence-electron chi connectivity index (χ0n) is 11.0. The van der Waals surface area contributed by atoms with Crippen molar-refractivity contribution in [3.63, 3.8) is 0 Å². The van der Waals surface area contributed by atoms with Crippen LogP contribution in [0.3, 0.4) is 0 Å². The molecule has 1 aliphatic rings. The summed E-state index contributed by atoms with van der Waals surface area (Å²) in [6.45, 7) is 0. The van der Waals surface area contributed by atoms with Crippen LogP contribution in [-0.2, 0) is 10.0 Å². The van der Waals surface area contributed by atoms with Gasteiger partial charge in [0.2, 0.25) is 10.0 Å². The maximum absolute atomic E-state index is 12.0. The van der Waals surface area contributed by atoms with Crippen molar-refractivity contribution < 1.29 is 13.5 Å². The third-order valence-corrected chi connectivity index (χ3v) is 4.86. The minimum atomic E-state index is -3.48. The monoisotopic (exact) mass is 315 g/mol. The van der Waals surface area contributed by atoms with Crippen molar-refractivity contribution in [2.75, 3.05) is 0 Å². The molecule has 2 rings (SSSR count). The Morgan fingerprint density at radius 1 is 1.20 bits per heavy atom. The van der Waals surface area contributed by atoms with E-state index in [1.54, 1.807) is 24.3 Å². The molecule has 2 N–H and O–H groups in total. The smallest absolute Gasteiger partial charge is 0.233 e. The molecule has 0 unspecified atom stereocenters. The Morgan fingerprint density at radius 3 is 2.50 bits per heavy atom. The Bertz CT molecular complexity index is 578. The fourth-order valence-corrected chi connectivity index (χ4v) is 3.54. The van der Waals surface area contributed by atoms with Crippen LogP contribution in [0.2, 0.25) is 5.02 Å². The lowest BCUT2D eigenvalue weighted by Crippen LogP contribution is -2.37. The van der Waals surface area contributed by atoms with E-state index in [2.05, 4.69) is 4.72 Å². The van der Waals surface area contributed by atoms with Crippen LogP contribution in [0.1, 0.15) is 31.2 Å². The summed E-state index contributed by atoms with van der Waals surface area (Å²) in [4.78, 5) is 0. The van der Waals surface area contributed by atoms with Gasteiger partial charge in [-0.3, -0.25) is 0 Å². The number of benzene rings is 1. The van der Waals surface area contributed by atoms with E-state index in [-0.39, 0.29) is 12.1 Å². The molecule has 20 heavy (non-hydrogen) atoms. The first-order valence-corrected chi connectivity index (χ1v) is 8.52. The third-order valence-electron chi connectivity index (χ3n) is 3.36. The van der Waals surface area contributed by atoms with Crippen LogP contribution in [0, 0.1) is 0 Å². The lowest BCUT2D eigenvalue weighted by molar-refractivity contribution is 0.121. The van der Waals surface area contributed by atoms with Gasteiger partial charge < -0.3 is 5.11 Å². The maximum Gasteiger partial charge on any atom is 0.233 e. The molecule has 0 saturated heterocycles. The summed E-state index contributed by atoms with van der Waals surface area (Å²) < 4.78 is 26.6. The van der Waals surface area contributed by atoms with E-state index in [9.17, 15) is 13.5 Å². The van der Waals surface area contributed by atoms with E-state index in [1.807, 2.05) is 0 Å². The lowest BCUT2D eigenvalue weighted by Gasteiger charge is -2.25. The molecule has 1 aromatic carbocycles. The van der Waals surface area contributed by atoms with Crippen LogP contribution in [0.5, 0.6) is 0 Å². The third kappa shape index (κ3) is 4.59. The highest BCUT2D eigenvalue weighted by Gasteiger charge is 2.22. The van der Waals surface area contributed by atoms with E-state index in [0.29, 0.717) is 36.3 Å². The van der Waals surface area contributed by atoms with Crippen molar-refractivity contribution in [2.24, 2.45) is 0 Å². The Balaban J connectivity index is 1.99.